The Labute approximate surface area is 164 Å². The highest BCUT2D eigenvalue weighted by Crippen LogP contribution is 2.19. The fourth-order valence-corrected chi connectivity index (χ4v) is 3.77. The van der Waals surface area contributed by atoms with Crippen LogP contribution in [-0.4, -0.2) is 76.0 Å². The maximum atomic E-state index is 12.9. The van der Waals surface area contributed by atoms with Gasteiger partial charge in [-0.15, -0.1) is 5.10 Å². The Hall–Kier alpha value is -2.74. The number of benzene rings is 1. The van der Waals surface area contributed by atoms with Crippen molar-refractivity contribution >= 4 is 11.8 Å². The largest absolute Gasteiger partial charge is 0.381 e. The molecular weight excluding hydrogens is 358 g/mol. The van der Waals surface area contributed by atoms with Crippen LogP contribution in [0.4, 0.5) is 0 Å². The molecule has 0 radical (unpaired) electrons. The first-order valence-corrected chi connectivity index (χ1v) is 9.86. The molecule has 8 heteroatoms. The summed E-state index contributed by atoms with van der Waals surface area (Å²) in [6.07, 6.45) is 4.02. The Morgan fingerprint density at radius 1 is 0.964 bits per heavy atom. The zero-order valence-corrected chi connectivity index (χ0v) is 15.9. The van der Waals surface area contributed by atoms with E-state index in [-0.39, 0.29) is 17.7 Å². The van der Waals surface area contributed by atoms with E-state index in [1.54, 1.807) is 15.8 Å². The second kappa shape index (κ2) is 8.52. The molecule has 0 N–H and O–H groups in total. The minimum atomic E-state index is -0.137. The smallest absolute Gasteiger partial charge is 0.276 e. The average Bonchev–Trinajstić information content (AvgIpc) is 3.12. The van der Waals surface area contributed by atoms with Gasteiger partial charge >= 0.3 is 0 Å². The van der Waals surface area contributed by atoms with Crippen LogP contribution in [0.5, 0.6) is 0 Å². The molecule has 2 saturated heterocycles. The molecule has 1 aromatic carbocycles. The van der Waals surface area contributed by atoms with Crippen LogP contribution < -0.4 is 0 Å². The SMILES string of the molecule is O=C(c1cn(-c2ccccc2)nn1)N1CCCN(C(=O)C2CCOCC2)CC1. The van der Waals surface area contributed by atoms with Crippen LogP contribution in [0.1, 0.15) is 29.8 Å². The van der Waals surface area contributed by atoms with Crippen molar-refractivity contribution < 1.29 is 14.3 Å². The van der Waals surface area contributed by atoms with Crippen LogP contribution in [0, 0.1) is 5.92 Å². The molecule has 0 saturated carbocycles. The number of carbonyl (C=O) groups excluding carboxylic acids is 2. The van der Waals surface area contributed by atoms with Crippen molar-refractivity contribution in [1.82, 2.24) is 24.8 Å². The zero-order chi connectivity index (χ0) is 19.3. The molecule has 1 aromatic heterocycles. The monoisotopic (exact) mass is 383 g/mol. The number of hydrogen-bond acceptors (Lipinski definition) is 5. The van der Waals surface area contributed by atoms with Crippen molar-refractivity contribution in [2.24, 2.45) is 5.92 Å². The summed E-state index contributed by atoms with van der Waals surface area (Å²) in [6, 6.07) is 9.58. The molecule has 3 heterocycles. The molecule has 2 aliphatic rings. The Morgan fingerprint density at radius 3 is 2.46 bits per heavy atom. The molecule has 2 amide bonds. The van der Waals surface area contributed by atoms with Crippen LogP contribution in [0.3, 0.4) is 0 Å². The first-order chi connectivity index (χ1) is 13.7. The molecule has 0 aliphatic carbocycles. The van der Waals surface area contributed by atoms with Crippen molar-refractivity contribution in [1.29, 1.82) is 0 Å². The van der Waals surface area contributed by atoms with E-state index in [4.69, 9.17) is 4.74 Å². The standard InChI is InChI=1S/C20H25N5O3/c26-19(16-7-13-28-14-8-16)23-9-4-10-24(12-11-23)20(27)18-15-25(22-21-18)17-5-2-1-3-6-17/h1-3,5-6,15-16H,4,7-14H2. The molecule has 8 nitrogen and oxygen atoms in total. The minimum Gasteiger partial charge on any atom is -0.381 e. The number of rotatable bonds is 3. The number of hydrogen-bond donors (Lipinski definition) is 0. The molecule has 4 rings (SSSR count). The van der Waals surface area contributed by atoms with Gasteiger partial charge in [0, 0.05) is 45.3 Å². The summed E-state index contributed by atoms with van der Waals surface area (Å²) >= 11 is 0. The quantitative estimate of drug-likeness (QED) is 0.800. The lowest BCUT2D eigenvalue weighted by Crippen LogP contribution is -2.41. The van der Waals surface area contributed by atoms with Gasteiger partial charge in [-0.25, -0.2) is 4.68 Å². The Balaban J connectivity index is 1.38. The van der Waals surface area contributed by atoms with Crippen molar-refractivity contribution in [3.8, 4) is 5.69 Å². The zero-order valence-electron chi connectivity index (χ0n) is 15.9. The summed E-state index contributed by atoms with van der Waals surface area (Å²) in [5.41, 5.74) is 1.19. The van der Waals surface area contributed by atoms with Crippen molar-refractivity contribution in [2.75, 3.05) is 39.4 Å². The molecule has 2 aromatic rings. The normalized spacial score (nSPS) is 18.7. The Morgan fingerprint density at radius 2 is 1.68 bits per heavy atom. The third-order valence-corrected chi connectivity index (χ3v) is 5.40. The van der Waals surface area contributed by atoms with Crippen LogP contribution >= 0.6 is 0 Å². The number of para-hydroxylation sites is 1. The van der Waals surface area contributed by atoms with Gasteiger partial charge in [0.05, 0.1) is 11.9 Å². The van der Waals surface area contributed by atoms with E-state index in [1.165, 1.54) is 0 Å². The lowest BCUT2D eigenvalue weighted by atomic mass is 9.98. The molecule has 148 valence electrons. The van der Waals surface area contributed by atoms with E-state index in [1.807, 2.05) is 35.2 Å². The van der Waals surface area contributed by atoms with Gasteiger partial charge in [0.15, 0.2) is 5.69 Å². The maximum Gasteiger partial charge on any atom is 0.276 e. The lowest BCUT2D eigenvalue weighted by Gasteiger charge is -2.28. The van der Waals surface area contributed by atoms with Gasteiger partial charge in [-0.3, -0.25) is 9.59 Å². The molecule has 2 aliphatic heterocycles. The molecule has 2 fully saturated rings. The predicted octanol–water partition coefficient (Wildman–Crippen LogP) is 1.37. The number of ether oxygens (including phenoxy) is 1. The summed E-state index contributed by atoms with van der Waals surface area (Å²) in [5, 5.41) is 8.13. The topological polar surface area (TPSA) is 80.6 Å². The van der Waals surface area contributed by atoms with E-state index in [9.17, 15) is 9.59 Å². The number of amides is 2. The van der Waals surface area contributed by atoms with E-state index in [0.717, 1.165) is 24.9 Å². The highest BCUT2D eigenvalue weighted by atomic mass is 16.5. The summed E-state index contributed by atoms with van der Waals surface area (Å²) in [4.78, 5) is 29.3. The first kappa shape index (κ1) is 18.6. The summed E-state index contributed by atoms with van der Waals surface area (Å²) < 4.78 is 6.96. The average molecular weight is 383 g/mol. The summed E-state index contributed by atoms with van der Waals surface area (Å²) in [7, 11) is 0. The molecule has 0 bridgehead atoms. The van der Waals surface area contributed by atoms with Crippen molar-refractivity contribution in [3.63, 3.8) is 0 Å². The fourth-order valence-electron chi connectivity index (χ4n) is 3.77. The number of carbonyl (C=O) groups is 2. The van der Waals surface area contributed by atoms with Crippen LogP contribution in [0.2, 0.25) is 0 Å². The molecule has 28 heavy (non-hydrogen) atoms. The molecule has 0 spiro atoms. The minimum absolute atomic E-state index is 0.0572. The number of aromatic nitrogens is 3. The second-order valence-corrected chi connectivity index (χ2v) is 7.24. The van der Waals surface area contributed by atoms with Crippen LogP contribution in [-0.2, 0) is 9.53 Å². The van der Waals surface area contributed by atoms with E-state index in [2.05, 4.69) is 10.3 Å². The van der Waals surface area contributed by atoms with Crippen molar-refractivity contribution in [2.45, 2.75) is 19.3 Å². The van der Waals surface area contributed by atoms with Gasteiger partial charge in [0.2, 0.25) is 5.91 Å². The van der Waals surface area contributed by atoms with Crippen LogP contribution in [0.25, 0.3) is 5.69 Å². The number of nitrogens with zero attached hydrogens (tertiary/aromatic N) is 5. The molecular formula is C20H25N5O3. The maximum absolute atomic E-state index is 12.9. The molecule has 0 atom stereocenters. The van der Waals surface area contributed by atoms with Gasteiger partial charge in [0.25, 0.3) is 5.91 Å². The Kier molecular flexibility index (Phi) is 5.66. The van der Waals surface area contributed by atoms with Crippen LogP contribution in [0.15, 0.2) is 36.5 Å². The first-order valence-electron chi connectivity index (χ1n) is 9.86. The third kappa shape index (κ3) is 4.06. The van der Waals surface area contributed by atoms with Gasteiger partial charge in [-0.1, -0.05) is 23.4 Å². The Bertz CT molecular complexity index is 816. The predicted molar refractivity (Wildman–Crippen MR) is 102 cm³/mol. The van der Waals surface area contributed by atoms with E-state index < -0.39 is 0 Å². The van der Waals surface area contributed by atoms with Crippen molar-refractivity contribution in [3.05, 3.63) is 42.2 Å². The highest BCUT2D eigenvalue weighted by molar-refractivity contribution is 5.92. The van der Waals surface area contributed by atoms with Gasteiger partial charge in [0.1, 0.15) is 0 Å². The van der Waals surface area contributed by atoms with E-state index in [0.29, 0.717) is 45.1 Å². The van der Waals surface area contributed by atoms with E-state index >= 15 is 0 Å². The van der Waals surface area contributed by atoms with Gasteiger partial charge in [-0.2, -0.15) is 0 Å². The molecule has 0 unspecified atom stereocenters. The fraction of sp³-hybridized carbons (Fsp3) is 0.500. The van der Waals surface area contributed by atoms with Gasteiger partial charge in [-0.05, 0) is 31.4 Å². The van der Waals surface area contributed by atoms with Gasteiger partial charge < -0.3 is 14.5 Å². The summed E-state index contributed by atoms with van der Waals surface area (Å²) in [6.45, 7) is 3.71. The second-order valence-electron chi connectivity index (χ2n) is 7.24. The summed E-state index contributed by atoms with van der Waals surface area (Å²) in [5.74, 6) is 0.122. The third-order valence-electron chi connectivity index (χ3n) is 5.40. The lowest BCUT2D eigenvalue weighted by molar-refractivity contribution is -0.138. The highest BCUT2D eigenvalue weighted by Gasteiger charge is 2.29.